The van der Waals surface area contributed by atoms with Crippen LogP contribution in [-0.2, 0) is 22.5 Å². The lowest BCUT2D eigenvalue weighted by atomic mass is 10.3. The zero-order valence-electron chi connectivity index (χ0n) is 8.39. The van der Waals surface area contributed by atoms with E-state index in [9.17, 15) is 4.55 Å². The summed E-state index contributed by atoms with van der Waals surface area (Å²) < 4.78 is 17.8. The molecule has 0 amide bonds. The van der Waals surface area contributed by atoms with Gasteiger partial charge in [-0.25, -0.2) is 4.98 Å². The zero-order chi connectivity index (χ0) is 10.8. The molecule has 0 saturated heterocycles. The molecule has 4 nitrogen and oxygen atoms in total. The predicted octanol–water partition coefficient (Wildman–Crippen LogP) is 1.58. The number of fused-ring (bicyclic) bond motifs is 1. The summed E-state index contributed by atoms with van der Waals surface area (Å²) in [5.74, 6) is 0. The quantitative estimate of drug-likeness (QED) is 0.767. The van der Waals surface area contributed by atoms with Crippen LogP contribution >= 0.6 is 11.3 Å². The number of hydrogen-bond acceptors (Lipinski definition) is 5. The Kier molecular flexibility index (Phi) is 3.20. The summed E-state index contributed by atoms with van der Waals surface area (Å²) in [6.07, 6.45) is 3.35. The fourth-order valence-electron chi connectivity index (χ4n) is 1.21. The van der Waals surface area contributed by atoms with Gasteiger partial charge in [0.2, 0.25) is 0 Å². The van der Waals surface area contributed by atoms with E-state index in [2.05, 4.69) is 9.97 Å². The number of thiazole rings is 1. The van der Waals surface area contributed by atoms with E-state index in [1.807, 2.05) is 6.07 Å². The second-order valence-electron chi connectivity index (χ2n) is 3.03. The maximum Gasteiger partial charge on any atom is 0.303 e. The highest BCUT2D eigenvalue weighted by molar-refractivity contribution is 7.92. The first-order chi connectivity index (χ1) is 7.20. The van der Waals surface area contributed by atoms with Crippen molar-refractivity contribution in [2.45, 2.75) is 10.9 Å². The first-order valence-electron chi connectivity index (χ1n) is 4.28. The molecule has 6 heteroatoms. The maximum atomic E-state index is 11.2. The number of aromatic nitrogens is 2. The smallest absolute Gasteiger partial charge is 0.303 e. The Morgan fingerprint density at radius 3 is 3.07 bits per heavy atom. The lowest BCUT2D eigenvalue weighted by Crippen LogP contribution is -1.95. The highest BCUT2D eigenvalue weighted by Crippen LogP contribution is 2.24. The van der Waals surface area contributed by atoms with Crippen molar-refractivity contribution in [1.82, 2.24) is 9.97 Å². The molecular weight excluding hydrogens is 232 g/mol. The fraction of sp³-hybridized carbons (Fsp3) is 0.333. The summed E-state index contributed by atoms with van der Waals surface area (Å²) in [4.78, 5) is 8.37. The van der Waals surface area contributed by atoms with Crippen LogP contribution in [0.2, 0.25) is 0 Å². The monoisotopic (exact) mass is 242 g/mol. The molecule has 2 rings (SSSR count). The van der Waals surface area contributed by atoms with E-state index in [-0.39, 0.29) is 0 Å². The van der Waals surface area contributed by atoms with E-state index in [1.54, 1.807) is 19.6 Å². The Morgan fingerprint density at radius 1 is 1.60 bits per heavy atom. The minimum Gasteiger partial charge on any atom is -0.610 e. The molecule has 0 bridgehead atoms. The van der Waals surface area contributed by atoms with Crippen molar-refractivity contribution < 1.29 is 9.29 Å². The SMILES string of the molecule is COCc1cnc2nc([S+](C)[O-])sc2c1. The summed E-state index contributed by atoms with van der Waals surface area (Å²) in [6, 6.07) is 1.97. The summed E-state index contributed by atoms with van der Waals surface area (Å²) >= 11 is 0.380. The Labute approximate surface area is 94.5 Å². The van der Waals surface area contributed by atoms with Crippen molar-refractivity contribution in [2.24, 2.45) is 0 Å². The lowest BCUT2D eigenvalue weighted by molar-refractivity contribution is 0.185. The van der Waals surface area contributed by atoms with E-state index in [1.165, 1.54) is 11.3 Å². The van der Waals surface area contributed by atoms with Crippen LogP contribution in [-0.4, -0.2) is 27.9 Å². The van der Waals surface area contributed by atoms with Gasteiger partial charge in [-0.1, -0.05) is 11.3 Å². The molecule has 1 unspecified atom stereocenters. The van der Waals surface area contributed by atoms with E-state index < -0.39 is 11.2 Å². The van der Waals surface area contributed by atoms with Crippen LogP contribution in [0.1, 0.15) is 5.56 Å². The Morgan fingerprint density at radius 2 is 2.40 bits per heavy atom. The third-order valence-electron chi connectivity index (χ3n) is 1.84. The summed E-state index contributed by atoms with van der Waals surface area (Å²) in [5.41, 5.74) is 1.66. The van der Waals surface area contributed by atoms with E-state index in [4.69, 9.17) is 4.74 Å². The molecule has 2 aromatic heterocycles. The normalized spacial score (nSPS) is 13.3. The van der Waals surface area contributed by atoms with Gasteiger partial charge in [-0.15, -0.1) is 0 Å². The van der Waals surface area contributed by atoms with E-state index >= 15 is 0 Å². The van der Waals surface area contributed by atoms with E-state index in [0.717, 1.165) is 10.3 Å². The first-order valence-corrected chi connectivity index (χ1v) is 6.66. The maximum absolute atomic E-state index is 11.2. The molecule has 0 saturated carbocycles. The van der Waals surface area contributed by atoms with Crippen LogP contribution in [0.5, 0.6) is 0 Å². The van der Waals surface area contributed by atoms with Crippen LogP contribution in [0.4, 0.5) is 0 Å². The summed E-state index contributed by atoms with van der Waals surface area (Å²) in [5, 5.41) is 0. The molecule has 0 spiro atoms. The topological polar surface area (TPSA) is 58.1 Å². The van der Waals surface area contributed by atoms with Gasteiger partial charge in [0.1, 0.15) is 6.26 Å². The molecule has 0 aliphatic heterocycles. The summed E-state index contributed by atoms with van der Waals surface area (Å²) in [7, 11) is 1.64. The second-order valence-corrected chi connectivity index (χ2v) is 5.62. The Bertz CT molecular complexity index is 470. The average Bonchev–Trinajstić information content (AvgIpc) is 2.61. The Hall–Kier alpha value is -0.690. The van der Waals surface area contributed by atoms with Crippen LogP contribution in [0.3, 0.4) is 0 Å². The van der Waals surface area contributed by atoms with E-state index in [0.29, 0.717) is 16.6 Å². The van der Waals surface area contributed by atoms with Crippen molar-refractivity contribution in [3.05, 3.63) is 17.8 Å². The van der Waals surface area contributed by atoms with Crippen molar-refractivity contribution >= 4 is 32.9 Å². The van der Waals surface area contributed by atoms with Crippen molar-refractivity contribution in [1.29, 1.82) is 0 Å². The fourth-order valence-corrected chi connectivity index (χ4v) is 2.88. The number of pyridine rings is 1. The van der Waals surface area contributed by atoms with Gasteiger partial charge in [0.05, 0.1) is 11.3 Å². The predicted molar refractivity (Wildman–Crippen MR) is 60.5 cm³/mol. The van der Waals surface area contributed by atoms with Crippen LogP contribution in [0.15, 0.2) is 16.6 Å². The summed E-state index contributed by atoms with van der Waals surface area (Å²) in [6.45, 7) is 0.533. The second kappa shape index (κ2) is 4.44. The van der Waals surface area contributed by atoms with Gasteiger partial charge in [-0.3, -0.25) is 0 Å². The zero-order valence-corrected chi connectivity index (χ0v) is 10.0. The van der Waals surface area contributed by atoms with Gasteiger partial charge in [0, 0.05) is 24.5 Å². The highest BCUT2D eigenvalue weighted by atomic mass is 32.2. The number of nitrogens with zero attached hydrogens (tertiary/aromatic N) is 2. The van der Waals surface area contributed by atoms with Gasteiger partial charge in [0.15, 0.2) is 5.65 Å². The molecule has 0 N–H and O–H groups in total. The Balaban J connectivity index is 2.43. The van der Waals surface area contributed by atoms with Gasteiger partial charge in [-0.05, 0) is 11.6 Å². The van der Waals surface area contributed by atoms with Crippen LogP contribution < -0.4 is 0 Å². The van der Waals surface area contributed by atoms with Crippen molar-refractivity contribution in [3.63, 3.8) is 0 Å². The molecule has 2 heterocycles. The largest absolute Gasteiger partial charge is 0.610 e. The number of hydrogen-bond donors (Lipinski definition) is 0. The molecule has 0 aliphatic carbocycles. The third-order valence-corrected chi connectivity index (χ3v) is 4.16. The first kappa shape index (κ1) is 10.8. The average molecular weight is 242 g/mol. The number of methoxy groups -OCH3 is 1. The molecule has 15 heavy (non-hydrogen) atoms. The van der Waals surface area contributed by atoms with Gasteiger partial charge in [-0.2, -0.15) is 4.98 Å². The lowest BCUT2D eigenvalue weighted by Gasteiger charge is -1.96. The molecule has 80 valence electrons. The van der Waals surface area contributed by atoms with Crippen molar-refractivity contribution in [3.8, 4) is 0 Å². The highest BCUT2D eigenvalue weighted by Gasteiger charge is 2.13. The molecule has 1 atom stereocenters. The standard InChI is InChI=1S/C9H10N2O2S2/c1-13-5-6-3-7-8(10-4-6)11-9(14-7)15(2)12/h3-4H,5H2,1-2H3. The molecule has 2 aromatic rings. The number of rotatable bonds is 3. The molecule has 0 radical (unpaired) electrons. The van der Waals surface area contributed by atoms with Crippen molar-refractivity contribution in [2.75, 3.05) is 13.4 Å². The molecular formula is C9H10N2O2S2. The minimum atomic E-state index is -1.04. The third kappa shape index (κ3) is 2.28. The van der Waals surface area contributed by atoms with Gasteiger partial charge < -0.3 is 9.29 Å². The van der Waals surface area contributed by atoms with Crippen LogP contribution in [0.25, 0.3) is 10.3 Å². The van der Waals surface area contributed by atoms with Gasteiger partial charge in [0.25, 0.3) is 0 Å². The van der Waals surface area contributed by atoms with Gasteiger partial charge >= 0.3 is 4.34 Å². The molecule has 0 fully saturated rings. The number of ether oxygens (including phenoxy) is 1. The van der Waals surface area contributed by atoms with Crippen LogP contribution in [0, 0.1) is 0 Å². The molecule has 0 aliphatic rings. The molecule has 0 aromatic carbocycles. The minimum absolute atomic E-state index is 0.533.